The standard InChI is InChI=1S/C7H11BrO3S.C5H9BrO5S/c1-5(9)12-6(3-4-8)7(10)11-2;1-11-5(7)4(2-3-6)12(8,9)10/h6H,3-4H2,1-2H3;4H,2-3H2,1H3,(H,8,9,10). The molecule has 2 unspecified atom stereocenters. The molecule has 0 bridgehead atoms. The second-order valence-corrected chi connectivity index (χ2v) is 8.67. The van der Waals surface area contributed by atoms with Crippen LogP contribution in [0.4, 0.5) is 0 Å². The molecule has 2 atom stereocenters. The molecule has 0 amide bonds. The molecule has 0 heterocycles. The van der Waals surface area contributed by atoms with E-state index in [0.29, 0.717) is 17.1 Å². The number of methoxy groups -OCH3 is 2. The van der Waals surface area contributed by atoms with Crippen LogP contribution >= 0.6 is 43.6 Å². The molecule has 0 saturated carbocycles. The summed E-state index contributed by atoms with van der Waals surface area (Å²) in [5, 5.41) is -0.931. The smallest absolute Gasteiger partial charge is 0.326 e. The van der Waals surface area contributed by atoms with Gasteiger partial charge in [-0.05, 0) is 12.8 Å². The Hall–Kier alpha value is -0.170. The average molecular weight is 516 g/mol. The molecule has 8 nitrogen and oxygen atoms in total. The summed E-state index contributed by atoms with van der Waals surface area (Å²) < 4.78 is 38.4. The Labute approximate surface area is 162 Å². The van der Waals surface area contributed by atoms with Gasteiger partial charge in [0.1, 0.15) is 5.25 Å². The van der Waals surface area contributed by atoms with Gasteiger partial charge in [-0.1, -0.05) is 43.6 Å². The van der Waals surface area contributed by atoms with Gasteiger partial charge in [-0.2, -0.15) is 8.42 Å². The third kappa shape index (κ3) is 12.2. The Bertz CT molecular complexity index is 509. The first-order valence-electron chi connectivity index (χ1n) is 6.46. The lowest BCUT2D eigenvalue weighted by Gasteiger charge is -2.09. The van der Waals surface area contributed by atoms with Crippen molar-refractivity contribution in [1.29, 1.82) is 0 Å². The maximum absolute atomic E-state index is 11.0. The van der Waals surface area contributed by atoms with E-state index < -0.39 is 21.3 Å². The normalized spacial score (nSPS) is 13.1. The number of rotatable bonds is 8. The summed E-state index contributed by atoms with van der Waals surface area (Å²) in [7, 11) is -1.96. The lowest BCUT2D eigenvalue weighted by Crippen LogP contribution is -2.31. The van der Waals surface area contributed by atoms with Crippen LogP contribution in [0.2, 0.25) is 0 Å². The number of halogens is 2. The Morgan fingerprint density at radius 1 is 1.04 bits per heavy atom. The predicted octanol–water partition coefficient (Wildman–Crippen LogP) is 1.79. The van der Waals surface area contributed by atoms with E-state index >= 15 is 0 Å². The van der Waals surface area contributed by atoms with E-state index in [2.05, 4.69) is 41.3 Å². The van der Waals surface area contributed by atoms with E-state index in [1.54, 1.807) is 0 Å². The highest BCUT2D eigenvalue weighted by molar-refractivity contribution is 9.09. The Kier molecular flexibility index (Phi) is 15.3. The van der Waals surface area contributed by atoms with Gasteiger partial charge in [0.2, 0.25) is 0 Å². The van der Waals surface area contributed by atoms with Crippen LogP contribution in [0.3, 0.4) is 0 Å². The molecule has 1 N–H and O–H groups in total. The zero-order valence-electron chi connectivity index (χ0n) is 13.4. The van der Waals surface area contributed by atoms with Crippen molar-refractivity contribution in [2.24, 2.45) is 0 Å². The highest BCUT2D eigenvalue weighted by Crippen LogP contribution is 2.17. The number of hydrogen-bond acceptors (Lipinski definition) is 8. The molecule has 0 radical (unpaired) electrons. The van der Waals surface area contributed by atoms with Crippen molar-refractivity contribution in [1.82, 2.24) is 0 Å². The van der Waals surface area contributed by atoms with E-state index in [1.165, 1.54) is 14.0 Å². The summed E-state index contributed by atoms with van der Waals surface area (Å²) in [6.07, 6.45) is 0.600. The van der Waals surface area contributed by atoms with E-state index in [0.717, 1.165) is 18.9 Å². The summed E-state index contributed by atoms with van der Waals surface area (Å²) in [6.45, 7) is 1.44. The van der Waals surface area contributed by atoms with Crippen LogP contribution in [-0.2, 0) is 34.0 Å². The van der Waals surface area contributed by atoms with Crippen molar-refractivity contribution in [2.75, 3.05) is 24.9 Å². The zero-order chi connectivity index (χ0) is 19.3. The molecule has 0 aromatic carbocycles. The molecule has 0 aliphatic rings. The summed E-state index contributed by atoms with van der Waals surface area (Å²) in [6, 6.07) is 0. The van der Waals surface area contributed by atoms with Gasteiger partial charge in [0.05, 0.1) is 14.2 Å². The monoisotopic (exact) mass is 514 g/mol. The van der Waals surface area contributed by atoms with Crippen molar-refractivity contribution in [3.05, 3.63) is 0 Å². The molecular weight excluding hydrogens is 496 g/mol. The number of carbonyl (C=O) groups is 3. The highest BCUT2D eigenvalue weighted by Gasteiger charge is 2.31. The molecule has 142 valence electrons. The van der Waals surface area contributed by atoms with Crippen LogP contribution in [0, 0.1) is 0 Å². The fourth-order valence-corrected chi connectivity index (χ4v) is 4.38. The number of alkyl halides is 2. The fourth-order valence-electron chi connectivity index (χ4n) is 1.27. The first kappa shape index (κ1) is 26.1. The van der Waals surface area contributed by atoms with Gasteiger partial charge >= 0.3 is 11.9 Å². The molecule has 12 heteroatoms. The van der Waals surface area contributed by atoms with Crippen molar-refractivity contribution in [2.45, 2.75) is 30.3 Å². The Morgan fingerprint density at radius 3 is 1.79 bits per heavy atom. The highest BCUT2D eigenvalue weighted by atomic mass is 79.9. The molecular formula is C12H20Br2O8S2. The molecule has 0 rings (SSSR count). The molecule has 0 saturated heterocycles. The Morgan fingerprint density at radius 2 is 1.50 bits per heavy atom. The number of carbonyl (C=O) groups excluding carboxylic acids is 3. The topological polar surface area (TPSA) is 124 Å². The summed E-state index contributed by atoms with van der Waals surface area (Å²) >= 11 is 7.18. The lowest BCUT2D eigenvalue weighted by atomic mass is 10.3. The van der Waals surface area contributed by atoms with Crippen LogP contribution in [-0.4, -0.2) is 65.4 Å². The van der Waals surface area contributed by atoms with Crippen molar-refractivity contribution in [3.8, 4) is 0 Å². The molecule has 0 aromatic heterocycles. The van der Waals surface area contributed by atoms with Gasteiger partial charge < -0.3 is 9.47 Å². The van der Waals surface area contributed by atoms with Crippen LogP contribution in [0.25, 0.3) is 0 Å². The molecule has 0 aliphatic heterocycles. The first-order valence-corrected chi connectivity index (χ1v) is 11.1. The van der Waals surface area contributed by atoms with E-state index in [4.69, 9.17) is 4.55 Å². The van der Waals surface area contributed by atoms with Crippen LogP contribution in [0.15, 0.2) is 0 Å². The number of thioether (sulfide) groups is 1. The average Bonchev–Trinajstić information content (AvgIpc) is 2.49. The minimum atomic E-state index is -4.34. The van der Waals surface area contributed by atoms with Crippen LogP contribution in [0.5, 0.6) is 0 Å². The minimum Gasteiger partial charge on any atom is -0.468 e. The van der Waals surface area contributed by atoms with E-state index in [1.807, 2.05) is 0 Å². The second-order valence-electron chi connectivity index (χ2n) is 4.10. The van der Waals surface area contributed by atoms with Gasteiger partial charge in [0.25, 0.3) is 10.1 Å². The summed E-state index contributed by atoms with van der Waals surface area (Å²) in [5.74, 6) is -1.29. The zero-order valence-corrected chi connectivity index (χ0v) is 18.2. The van der Waals surface area contributed by atoms with Gasteiger partial charge in [0, 0.05) is 17.6 Å². The first-order chi connectivity index (χ1) is 11.0. The quantitative estimate of drug-likeness (QED) is 0.292. The molecule has 0 aliphatic carbocycles. The second kappa shape index (κ2) is 14.0. The van der Waals surface area contributed by atoms with E-state index in [9.17, 15) is 22.8 Å². The molecule has 0 aromatic rings. The van der Waals surface area contributed by atoms with Crippen LogP contribution < -0.4 is 0 Å². The lowest BCUT2D eigenvalue weighted by molar-refractivity contribution is -0.141. The van der Waals surface area contributed by atoms with E-state index in [-0.39, 0.29) is 22.8 Å². The molecule has 24 heavy (non-hydrogen) atoms. The summed E-state index contributed by atoms with van der Waals surface area (Å²) in [4.78, 5) is 32.5. The third-order valence-corrected chi connectivity index (χ3v) is 5.45. The van der Waals surface area contributed by atoms with Gasteiger partial charge in [-0.3, -0.25) is 18.9 Å². The number of ether oxygens (including phenoxy) is 2. The summed E-state index contributed by atoms with van der Waals surface area (Å²) in [5.41, 5.74) is 0. The maximum Gasteiger partial charge on any atom is 0.326 e. The van der Waals surface area contributed by atoms with Crippen molar-refractivity contribution >= 4 is 70.8 Å². The van der Waals surface area contributed by atoms with Crippen molar-refractivity contribution < 1.29 is 36.8 Å². The van der Waals surface area contributed by atoms with Gasteiger partial charge in [0.15, 0.2) is 10.4 Å². The third-order valence-electron chi connectivity index (χ3n) is 2.34. The van der Waals surface area contributed by atoms with Crippen molar-refractivity contribution in [3.63, 3.8) is 0 Å². The SMILES string of the molecule is COC(=O)C(CCBr)S(=O)(=O)O.COC(=O)C(CCBr)SC(C)=O. The molecule has 0 spiro atoms. The Balaban J connectivity index is 0. The number of esters is 2. The number of hydrogen-bond donors (Lipinski definition) is 1. The molecule has 0 fully saturated rings. The fraction of sp³-hybridized carbons (Fsp3) is 0.750. The van der Waals surface area contributed by atoms with Gasteiger partial charge in [-0.15, -0.1) is 0 Å². The predicted molar refractivity (Wildman–Crippen MR) is 98.3 cm³/mol. The maximum atomic E-state index is 11.0. The largest absolute Gasteiger partial charge is 0.468 e. The minimum absolute atomic E-state index is 0.00843. The van der Waals surface area contributed by atoms with Gasteiger partial charge in [-0.25, -0.2) is 0 Å². The van der Waals surface area contributed by atoms with Crippen LogP contribution in [0.1, 0.15) is 19.8 Å².